The molecule has 164 valence electrons. The van der Waals surface area contributed by atoms with E-state index in [1.165, 1.54) is 11.1 Å². The van der Waals surface area contributed by atoms with Crippen LogP contribution in [-0.2, 0) is 9.59 Å². The van der Waals surface area contributed by atoms with Gasteiger partial charge >= 0.3 is 0 Å². The van der Waals surface area contributed by atoms with Gasteiger partial charge in [-0.05, 0) is 62.4 Å². The van der Waals surface area contributed by atoms with Gasteiger partial charge in [0, 0.05) is 18.2 Å². The van der Waals surface area contributed by atoms with Gasteiger partial charge in [-0.15, -0.1) is 0 Å². The van der Waals surface area contributed by atoms with Crippen molar-refractivity contribution in [3.63, 3.8) is 0 Å². The van der Waals surface area contributed by atoms with E-state index in [9.17, 15) is 9.59 Å². The fourth-order valence-corrected chi connectivity index (χ4v) is 4.98. The van der Waals surface area contributed by atoms with Crippen molar-refractivity contribution in [2.24, 2.45) is 11.8 Å². The molecule has 0 radical (unpaired) electrons. The van der Waals surface area contributed by atoms with Gasteiger partial charge in [0.2, 0.25) is 11.8 Å². The van der Waals surface area contributed by atoms with Crippen LogP contribution in [0.15, 0.2) is 48.5 Å². The van der Waals surface area contributed by atoms with Crippen LogP contribution >= 0.6 is 0 Å². The van der Waals surface area contributed by atoms with Gasteiger partial charge in [-0.25, -0.2) is 0 Å². The van der Waals surface area contributed by atoms with Crippen LogP contribution in [0.3, 0.4) is 0 Å². The standard InChI is InChI=1S/C26H32N2O3/c1-18-6-5-9-20(16-18)24-15-10-21(17-28(24)26(30)19-7-3-4-8-19)25(29)27-22-11-13-23(31-2)14-12-22/h5-6,9,11-14,16,19,21,24H,3-4,7-8,10,15,17H2,1-2H3,(H,27,29). The maximum absolute atomic E-state index is 13.4. The Balaban J connectivity index is 1.51. The number of methoxy groups -OCH3 is 1. The monoisotopic (exact) mass is 420 g/mol. The number of anilines is 1. The number of hydrogen-bond acceptors (Lipinski definition) is 3. The molecule has 2 amide bonds. The first-order valence-corrected chi connectivity index (χ1v) is 11.4. The number of amides is 2. The molecule has 2 aromatic rings. The molecule has 0 spiro atoms. The summed E-state index contributed by atoms with van der Waals surface area (Å²) in [6.07, 6.45) is 5.77. The summed E-state index contributed by atoms with van der Waals surface area (Å²) in [5.41, 5.74) is 3.13. The SMILES string of the molecule is COc1ccc(NC(=O)C2CCC(c3cccc(C)c3)N(C(=O)C3CCCC3)C2)cc1. The van der Waals surface area contributed by atoms with E-state index < -0.39 is 0 Å². The van der Waals surface area contributed by atoms with Crippen LogP contribution in [0.4, 0.5) is 5.69 Å². The molecule has 1 heterocycles. The summed E-state index contributed by atoms with van der Waals surface area (Å²) in [6.45, 7) is 2.57. The lowest BCUT2D eigenvalue weighted by Gasteiger charge is -2.41. The first-order valence-electron chi connectivity index (χ1n) is 11.4. The number of carbonyl (C=O) groups is 2. The minimum atomic E-state index is -0.200. The highest BCUT2D eigenvalue weighted by atomic mass is 16.5. The summed E-state index contributed by atoms with van der Waals surface area (Å²) in [7, 11) is 1.62. The van der Waals surface area contributed by atoms with Crippen LogP contribution in [0, 0.1) is 18.8 Å². The molecule has 1 N–H and O–H groups in total. The number of likely N-dealkylation sites (tertiary alicyclic amines) is 1. The highest BCUT2D eigenvalue weighted by Gasteiger charge is 2.38. The lowest BCUT2D eigenvalue weighted by atomic mass is 9.86. The average Bonchev–Trinajstić information content (AvgIpc) is 3.34. The van der Waals surface area contributed by atoms with E-state index in [1.54, 1.807) is 7.11 Å². The van der Waals surface area contributed by atoms with Crippen LogP contribution in [0.1, 0.15) is 55.7 Å². The summed E-state index contributed by atoms with van der Waals surface area (Å²) in [5.74, 6) is 0.872. The van der Waals surface area contributed by atoms with Gasteiger partial charge < -0.3 is 15.0 Å². The normalized spacial score (nSPS) is 21.7. The number of nitrogens with one attached hydrogen (secondary N) is 1. The maximum Gasteiger partial charge on any atom is 0.229 e. The van der Waals surface area contributed by atoms with E-state index in [4.69, 9.17) is 4.74 Å². The van der Waals surface area contributed by atoms with Gasteiger partial charge in [0.15, 0.2) is 0 Å². The minimum Gasteiger partial charge on any atom is -0.497 e. The largest absolute Gasteiger partial charge is 0.497 e. The number of carbonyl (C=O) groups excluding carboxylic acids is 2. The van der Waals surface area contributed by atoms with Crippen LogP contribution in [0.5, 0.6) is 5.75 Å². The van der Waals surface area contributed by atoms with E-state index in [0.29, 0.717) is 6.54 Å². The zero-order chi connectivity index (χ0) is 21.8. The minimum absolute atomic E-state index is 0.0166. The van der Waals surface area contributed by atoms with Gasteiger partial charge in [0.1, 0.15) is 5.75 Å². The van der Waals surface area contributed by atoms with Gasteiger partial charge in [0.25, 0.3) is 0 Å². The number of hydrogen-bond donors (Lipinski definition) is 1. The Bertz CT molecular complexity index is 919. The summed E-state index contributed by atoms with van der Waals surface area (Å²) >= 11 is 0. The molecule has 2 aliphatic rings. The molecular weight excluding hydrogens is 388 g/mol. The Morgan fingerprint density at radius 3 is 2.39 bits per heavy atom. The molecule has 0 aromatic heterocycles. The van der Waals surface area contributed by atoms with Crippen LogP contribution in [0.2, 0.25) is 0 Å². The van der Waals surface area contributed by atoms with E-state index in [0.717, 1.165) is 50.0 Å². The van der Waals surface area contributed by atoms with Crippen LogP contribution in [0.25, 0.3) is 0 Å². The van der Waals surface area contributed by atoms with Crippen molar-refractivity contribution in [3.8, 4) is 5.75 Å². The van der Waals surface area contributed by atoms with E-state index in [2.05, 4.69) is 36.5 Å². The van der Waals surface area contributed by atoms with E-state index in [-0.39, 0.29) is 29.7 Å². The summed E-state index contributed by atoms with van der Waals surface area (Å²) in [5, 5.41) is 3.02. The molecule has 5 nitrogen and oxygen atoms in total. The number of nitrogens with zero attached hydrogens (tertiary/aromatic N) is 1. The fraction of sp³-hybridized carbons (Fsp3) is 0.462. The van der Waals surface area contributed by atoms with Crippen LogP contribution < -0.4 is 10.1 Å². The van der Waals surface area contributed by atoms with Gasteiger partial charge in [-0.1, -0.05) is 42.7 Å². The van der Waals surface area contributed by atoms with Crippen molar-refractivity contribution >= 4 is 17.5 Å². The zero-order valence-corrected chi connectivity index (χ0v) is 18.5. The molecule has 31 heavy (non-hydrogen) atoms. The Labute approximate surface area is 184 Å². The second-order valence-corrected chi connectivity index (χ2v) is 8.89. The Kier molecular flexibility index (Phi) is 6.59. The van der Waals surface area contributed by atoms with Gasteiger partial charge in [-0.3, -0.25) is 9.59 Å². The quantitative estimate of drug-likeness (QED) is 0.731. The molecule has 4 rings (SSSR count). The molecule has 1 saturated heterocycles. The number of benzene rings is 2. The molecule has 0 bridgehead atoms. The number of rotatable bonds is 5. The van der Waals surface area contributed by atoms with Crippen molar-refractivity contribution in [1.29, 1.82) is 0 Å². The van der Waals surface area contributed by atoms with Crippen molar-refractivity contribution in [3.05, 3.63) is 59.7 Å². The molecule has 1 aliphatic carbocycles. The lowest BCUT2D eigenvalue weighted by molar-refractivity contribution is -0.141. The Hall–Kier alpha value is -2.82. The topological polar surface area (TPSA) is 58.6 Å². The fourth-order valence-electron chi connectivity index (χ4n) is 4.98. The molecular formula is C26H32N2O3. The highest BCUT2D eigenvalue weighted by molar-refractivity contribution is 5.93. The predicted octanol–water partition coefficient (Wildman–Crippen LogP) is 5.11. The van der Waals surface area contributed by atoms with E-state index in [1.807, 2.05) is 29.2 Å². The third-order valence-electron chi connectivity index (χ3n) is 6.72. The molecule has 2 aromatic carbocycles. The third-order valence-corrected chi connectivity index (χ3v) is 6.72. The molecule has 2 unspecified atom stereocenters. The second-order valence-electron chi connectivity index (χ2n) is 8.89. The third kappa shape index (κ3) is 4.92. The summed E-state index contributed by atoms with van der Waals surface area (Å²) in [6, 6.07) is 15.8. The number of piperidine rings is 1. The second kappa shape index (κ2) is 9.54. The Morgan fingerprint density at radius 2 is 1.71 bits per heavy atom. The van der Waals surface area contributed by atoms with Gasteiger partial charge in [-0.2, -0.15) is 0 Å². The van der Waals surface area contributed by atoms with Crippen molar-refractivity contribution in [2.75, 3.05) is 19.0 Å². The molecule has 1 aliphatic heterocycles. The maximum atomic E-state index is 13.4. The van der Waals surface area contributed by atoms with Gasteiger partial charge in [0.05, 0.1) is 19.1 Å². The van der Waals surface area contributed by atoms with E-state index >= 15 is 0 Å². The predicted molar refractivity (Wildman–Crippen MR) is 122 cm³/mol. The molecule has 2 atom stereocenters. The molecule has 5 heteroatoms. The Morgan fingerprint density at radius 1 is 0.968 bits per heavy atom. The average molecular weight is 421 g/mol. The highest BCUT2D eigenvalue weighted by Crippen LogP contribution is 2.37. The molecule has 1 saturated carbocycles. The molecule has 2 fully saturated rings. The zero-order valence-electron chi connectivity index (χ0n) is 18.5. The van der Waals surface area contributed by atoms with Crippen molar-refractivity contribution in [1.82, 2.24) is 4.90 Å². The van der Waals surface area contributed by atoms with Crippen molar-refractivity contribution in [2.45, 2.75) is 51.5 Å². The summed E-state index contributed by atoms with van der Waals surface area (Å²) < 4.78 is 5.18. The summed E-state index contributed by atoms with van der Waals surface area (Å²) in [4.78, 5) is 28.5. The van der Waals surface area contributed by atoms with Crippen molar-refractivity contribution < 1.29 is 14.3 Å². The lowest BCUT2D eigenvalue weighted by Crippen LogP contribution is -2.47. The smallest absolute Gasteiger partial charge is 0.229 e. The first-order chi connectivity index (χ1) is 15.0. The number of aryl methyl sites for hydroxylation is 1. The van der Waals surface area contributed by atoms with Crippen LogP contribution in [-0.4, -0.2) is 30.4 Å². The number of ether oxygens (including phenoxy) is 1. The first kappa shape index (κ1) is 21.4.